The van der Waals surface area contributed by atoms with E-state index in [1.807, 2.05) is 32.9 Å². The van der Waals surface area contributed by atoms with Crippen molar-refractivity contribution in [2.24, 2.45) is 7.05 Å². The van der Waals surface area contributed by atoms with Crippen molar-refractivity contribution in [1.82, 2.24) is 19.3 Å². The molecule has 0 aliphatic rings. The van der Waals surface area contributed by atoms with E-state index in [4.69, 9.17) is 11.6 Å². The number of aryl methyl sites for hydroxylation is 2. The van der Waals surface area contributed by atoms with E-state index in [1.165, 1.54) is 15.2 Å². The number of carbonyl (C=O) groups excluding carboxylic acids is 1. The van der Waals surface area contributed by atoms with Crippen LogP contribution >= 0.6 is 11.6 Å². The van der Waals surface area contributed by atoms with Crippen molar-refractivity contribution >= 4 is 23.2 Å². The van der Waals surface area contributed by atoms with Gasteiger partial charge in [0, 0.05) is 23.8 Å². The monoisotopic (exact) mass is 358 g/mol. The van der Waals surface area contributed by atoms with Gasteiger partial charge >= 0.3 is 5.69 Å². The lowest BCUT2D eigenvalue weighted by Gasteiger charge is -2.26. The Bertz CT molecular complexity index is 1020. The number of carbonyl (C=O) groups is 1. The maximum Gasteiger partial charge on any atom is 0.334 e. The molecule has 0 aliphatic carbocycles. The lowest BCUT2D eigenvalue weighted by atomic mass is 9.94. The zero-order valence-electron chi connectivity index (χ0n) is 14.5. The molecule has 0 spiro atoms. The molecule has 0 bridgehead atoms. The van der Waals surface area contributed by atoms with E-state index in [2.05, 4.69) is 10.3 Å². The lowest BCUT2D eigenvalue weighted by Crippen LogP contribution is -2.42. The van der Waals surface area contributed by atoms with E-state index >= 15 is 0 Å². The van der Waals surface area contributed by atoms with Crippen LogP contribution in [-0.2, 0) is 12.6 Å². The van der Waals surface area contributed by atoms with Crippen molar-refractivity contribution < 1.29 is 4.79 Å². The van der Waals surface area contributed by atoms with Gasteiger partial charge in [-0.2, -0.15) is 0 Å². The summed E-state index contributed by atoms with van der Waals surface area (Å²) in [6, 6.07) is 7.27. The van der Waals surface area contributed by atoms with E-state index in [-0.39, 0.29) is 17.3 Å². The summed E-state index contributed by atoms with van der Waals surface area (Å²) in [5.41, 5.74) is 1.47. The molecule has 0 saturated heterocycles. The molecule has 2 aromatic heterocycles. The molecule has 0 saturated carbocycles. The fourth-order valence-corrected chi connectivity index (χ4v) is 2.96. The molecule has 0 unspecified atom stereocenters. The largest absolute Gasteiger partial charge is 0.342 e. The molecular formula is C18H19ClN4O2. The van der Waals surface area contributed by atoms with Crippen LogP contribution in [0.3, 0.4) is 0 Å². The van der Waals surface area contributed by atoms with Crippen molar-refractivity contribution in [3.05, 3.63) is 69.0 Å². The summed E-state index contributed by atoms with van der Waals surface area (Å²) in [6.45, 7) is 5.63. The Balaban J connectivity index is 2.00. The minimum absolute atomic E-state index is 0.210. The van der Waals surface area contributed by atoms with Gasteiger partial charge in [0.25, 0.3) is 5.91 Å². The van der Waals surface area contributed by atoms with Gasteiger partial charge in [0.15, 0.2) is 0 Å². The SMILES string of the molecule is Cc1cn(C)c(=O)n2c(C(=O)NC(C)(C)c3ccc(Cl)cc3)cnc12. The molecule has 1 N–H and O–H groups in total. The number of rotatable bonds is 3. The van der Waals surface area contributed by atoms with Crippen LogP contribution in [-0.4, -0.2) is 19.9 Å². The Morgan fingerprint density at radius 1 is 1.24 bits per heavy atom. The fourth-order valence-electron chi connectivity index (χ4n) is 2.83. The summed E-state index contributed by atoms with van der Waals surface area (Å²) in [7, 11) is 1.65. The van der Waals surface area contributed by atoms with Crippen LogP contribution in [0.2, 0.25) is 5.02 Å². The quantitative estimate of drug-likeness (QED) is 0.782. The molecule has 2 heterocycles. The molecule has 0 atom stereocenters. The summed E-state index contributed by atoms with van der Waals surface area (Å²) < 4.78 is 2.77. The number of hydrogen-bond donors (Lipinski definition) is 1. The van der Waals surface area contributed by atoms with Gasteiger partial charge in [-0.15, -0.1) is 0 Å². The number of halogens is 1. The zero-order chi connectivity index (χ0) is 18.4. The first-order valence-corrected chi connectivity index (χ1v) is 8.21. The molecule has 6 nitrogen and oxygen atoms in total. The van der Waals surface area contributed by atoms with Crippen molar-refractivity contribution in [3.8, 4) is 0 Å². The number of amides is 1. The van der Waals surface area contributed by atoms with E-state index in [9.17, 15) is 9.59 Å². The first-order chi connectivity index (χ1) is 11.7. The average Bonchev–Trinajstić information content (AvgIpc) is 2.98. The Labute approximate surface area is 150 Å². The second-order valence-corrected chi connectivity index (χ2v) is 7.03. The van der Waals surface area contributed by atoms with E-state index < -0.39 is 5.54 Å². The second kappa shape index (κ2) is 6.04. The molecule has 0 fully saturated rings. The minimum atomic E-state index is -0.638. The Morgan fingerprint density at radius 2 is 1.88 bits per heavy atom. The fraction of sp³-hybridized carbons (Fsp3) is 0.278. The topological polar surface area (TPSA) is 68.4 Å². The molecule has 130 valence electrons. The van der Waals surface area contributed by atoms with Gasteiger partial charge in [-0.3, -0.25) is 4.79 Å². The second-order valence-electron chi connectivity index (χ2n) is 6.59. The number of nitrogens with one attached hydrogen (secondary N) is 1. The van der Waals surface area contributed by atoms with Gasteiger partial charge in [0.05, 0.1) is 11.7 Å². The number of aromatic nitrogens is 3. The molecule has 0 aliphatic heterocycles. The smallest absolute Gasteiger partial charge is 0.334 e. The van der Waals surface area contributed by atoms with Gasteiger partial charge in [0.1, 0.15) is 11.3 Å². The highest BCUT2D eigenvalue weighted by molar-refractivity contribution is 6.30. The molecule has 0 radical (unpaired) electrons. The third-order valence-corrected chi connectivity index (χ3v) is 4.47. The van der Waals surface area contributed by atoms with Crippen LogP contribution in [0.25, 0.3) is 5.65 Å². The van der Waals surface area contributed by atoms with Gasteiger partial charge in [-0.05, 0) is 38.5 Å². The van der Waals surface area contributed by atoms with E-state index in [0.29, 0.717) is 10.7 Å². The van der Waals surface area contributed by atoms with Crippen LogP contribution in [0.4, 0.5) is 0 Å². The first kappa shape index (κ1) is 17.2. The summed E-state index contributed by atoms with van der Waals surface area (Å²) in [5, 5.41) is 3.59. The normalized spacial score (nSPS) is 11.7. The molecule has 1 amide bonds. The zero-order valence-corrected chi connectivity index (χ0v) is 15.3. The number of hydrogen-bond acceptors (Lipinski definition) is 3. The summed E-state index contributed by atoms with van der Waals surface area (Å²) in [5.74, 6) is -0.366. The van der Waals surface area contributed by atoms with Gasteiger partial charge in [-0.25, -0.2) is 14.2 Å². The van der Waals surface area contributed by atoms with Crippen molar-refractivity contribution in [3.63, 3.8) is 0 Å². The molecule has 1 aromatic carbocycles. The van der Waals surface area contributed by atoms with Gasteiger partial charge < -0.3 is 9.88 Å². The maximum atomic E-state index is 12.8. The standard InChI is InChI=1S/C18H19ClN4O2/c1-11-10-22(4)17(25)23-14(9-20-15(11)23)16(24)21-18(2,3)12-5-7-13(19)8-6-12/h5-10H,1-4H3,(H,21,24). The molecule has 3 aromatic rings. The van der Waals surface area contributed by atoms with Crippen molar-refractivity contribution in [1.29, 1.82) is 0 Å². The van der Waals surface area contributed by atoms with E-state index in [1.54, 1.807) is 25.4 Å². The number of fused-ring (bicyclic) bond motifs is 1. The number of imidazole rings is 1. The Morgan fingerprint density at radius 3 is 2.52 bits per heavy atom. The van der Waals surface area contributed by atoms with Crippen LogP contribution in [0.5, 0.6) is 0 Å². The van der Waals surface area contributed by atoms with Crippen LogP contribution in [0, 0.1) is 6.92 Å². The molecular weight excluding hydrogens is 340 g/mol. The summed E-state index contributed by atoms with van der Waals surface area (Å²) in [4.78, 5) is 29.5. The molecule has 25 heavy (non-hydrogen) atoms. The van der Waals surface area contributed by atoms with Crippen LogP contribution in [0.15, 0.2) is 41.5 Å². The lowest BCUT2D eigenvalue weighted by molar-refractivity contribution is 0.0905. The molecule has 3 rings (SSSR count). The predicted octanol–water partition coefficient (Wildman–Crippen LogP) is 2.66. The van der Waals surface area contributed by atoms with Crippen molar-refractivity contribution in [2.75, 3.05) is 0 Å². The summed E-state index contributed by atoms with van der Waals surface area (Å²) in [6.07, 6.45) is 3.13. The van der Waals surface area contributed by atoms with Gasteiger partial charge in [0.2, 0.25) is 0 Å². The highest BCUT2D eigenvalue weighted by atomic mass is 35.5. The predicted molar refractivity (Wildman–Crippen MR) is 97.1 cm³/mol. The van der Waals surface area contributed by atoms with Crippen LogP contribution in [0.1, 0.15) is 35.5 Å². The average molecular weight is 359 g/mol. The highest BCUT2D eigenvalue weighted by Crippen LogP contribution is 2.22. The summed E-state index contributed by atoms with van der Waals surface area (Å²) >= 11 is 5.93. The van der Waals surface area contributed by atoms with E-state index in [0.717, 1.165) is 11.1 Å². The Kier molecular flexibility index (Phi) is 4.16. The Hall–Kier alpha value is -2.60. The first-order valence-electron chi connectivity index (χ1n) is 7.83. The van der Waals surface area contributed by atoms with Crippen LogP contribution < -0.4 is 11.0 Å². The number of nitrogens with zero attached hydrogens (tertiary/aromatic N) is 3. The minimum Gasteiger partial charge on any atom is -0.342 e. The highest BCUT2D eigenvalue weighted by Gasteiger charge is 2.26. The van der Waals surface area contributed by atoms with Gasteiger partial charge in [-0.1, -0.05) is 23.7 Å². The maximum absolute atomic E-state index is 12.8. The molecule has 7 heteroatoms. The third kappa shape index (κ3) is 3.05. The third-order valence-electron chi connectivity index (χ3n) is 4.22. The number of benzene rings is 1. The van der Waals surface area contributed by atoms with Crippen molar-refractivity contribution in [2.45, 2.75) is 26.3 Å².